The van der Waals surface area contributed by atoms with E-state index in [1.54, 1.807) is 0 Å². The molecule has 1 atom stereocenters. The van der Waals surface area contributed by atoms with Crippen molar-refractivity contribution in [3.05, 3.63) is 48.5 Å². The SMILES string of the molecule is C=C/C=C\C1=C(/C=C)BBCCN(C)[C@H]1C. The molecule has 0 N–H and O–H groups in total. The lowest BCUT2D eigenvalue weighted by Gasteiger charge is -2.29. The van der Waals surface area contributed by atoms with Gasteiger partial charge in [0.2, 0.25) is 0 Å². The van der Waals surface area contributed by atoms with E-state index >= 15 is 0 Å². The average molecular weight is 213 g/mol. The maximum absolute atomic E-state index is 3.94. The molecule has 0 bridgehead atoms. The number of likely N-dealkylation sites (N-methyl/N-ethyl adjacent to an activating group) is 1. The van der Waals surface area contributed by atoms with Crippen LogP contribution in [0.1, 0.15) is 6.92 Å². The van der Waals surface area contributed by atoms with Gasteiger partial charge >= 0.3 is 0 Å². The van der Waals surface area contributed by atoms with E-state index in [-0.39, 0.29) is 0 Å². The van der Waals surface area contributed by atoms with Crippen molar-refractivity contribution in [2.45, 2.75) is 19.3 Å². The summed E-state index contributed by atoms with van der Waals surface area (Å²) < 4.78 is 0. The Morgan fingerprint density at radius 1 is 1.44 bits per heavy atom. The van der Waals surface area contributed by atoms with Crippen LogP contribution in [0.25, 0.3) is 0 Å². The Hall–Kier alpha value is -0.950. The summed E-state index contributed by atoms with van der Waals surface area (Å²) in [5.74, 6) is 0. The Bertz CT molecular complexity index is 318. The third-order valence-electron chi connectivity index (χ3n) is 3.35. The summed E-state index contributed by atoms with van der Waals surface area (Å²) in [5, 5.41) is 0. The van der Waals surface area contributed by atoms with Gasteiger partial charge in [0, 0.05) is 6.04 Å². The molecule has 84 valence electrons. The minimum Gasteiger partial charge on any atom is -0.300 e. The van der Waals surface area contributed by atoms with Crippen molar-refractivity contribution >= 4 is 14.3 Å². The van der Waals surface area contributed by atoms with Crippen LogP contribution in [-0.4, -0.2) is 38.9 Å². The lowest BCUT2D eigenvalue weighted by atomic mass is 9.34. The van der Waals surface area contributed by atoms with E-state index in [9.17, 15) is 0 Å². The molecular formula is C13H21B2N. The largest absolute Gasteiger partial charge is 0.300 e. The molecule has 1 rings (SSSR count). The van der Waals surface area contributed by atoms with Crippen molar-refractivity contribution in [3.63, 3.8) is 0 Å². The molecule has 1 nitrogen and oxygen atoms in total. The minimum absolute atomic E-state index is 0.462. The highest BCUT2D eigenvalue weighted by Crippen LogP contribution is 2.18. The van der Waals surface area contributed by atoms with Gasteiger partial charge < -0.3 is 4.90 Å². The summed E-state index contributed by atoms with van der Waals surface area (Å²) in [6.45, 7) is 11.1. The van der Waals surface area contributed by atoms with Crippen LogP contribution in [0.4, 0.5) is 0 Å². The van der Waals surface area contributed by atoms with Crippen molar-refractivity contribution < 1.29 is 0 Å². The Morgan fingerprint density at radius 3 is 2.81 bits per heavy atom. The van der Waals surface area contributed by atoms with Crippen molar-refractivity contribution in [3.8, 4) is 0 Å². The maximum Gasteiger partial charge on any atom is 0.123 e. The number of hydrogen-bond donors (Lipinski definition) is 0. The van der Waals surface area contributed by atoms with Gasteiger partial charge in [-0.15, -0.1) is 0 Å². The standard InChI is InChI=1S/C13H21B2N/c1-5-7-8-12-11(3)16(4)10-9-14-15-13(12)6-2/h5-8,11,14-15H,1-2,9-10H2,3-4H3/b8-7-,13-12-/t11-/m0/s1. The van der Waals surface area contributed by atoms with Crippen molar-refractivity contribution in [1.82, 2.24) is 4.90 Å². The van der Waals surface area contributed by atoms with Gasteiger partial charge in [-0.3, -0.25) is 0 Å². The summed E-state index contributed by atoms with van der Waals surface area (Å²) in [6.07, 6.45) is 9.32. The summed E-state index contributed by atoms with van der Waals surface area (Å²) >= 11 is 0. The van der Waals surface area contributed by atoms with Gasteiger partial charge in [0.05, 0.1) is 7.17 Å². The first-order chi connectivity index (χ1) is 7.70. The van der Waals surface area contributed by atoms with Crippen LogP contribution >= 0.6 is 0 Å². The number of hydrogen-bond acceptors (Lipinski definition) is 1. The Balaban J connectivity index is 3.06. The topological polar surface area (TPSA) is 3.24 Å². The molecule has 0 fully saturated rings. The zero-order chi connectivity index (χ0) is 12.0. The van der Waals surface area contributed by atoms with Gasteiger partial charge in [0.25, 0.3) is 0 Å². The third-order valence-corrected chi connectivity index (χ3v) is 3.35. The molecule has 0 amide bonds. The van der Waals surface area contributed by atoms with E-state index in [4.69, 9.17) is 0 Å². The van der Waals surface area contributed by atoms with Gasteiger partial charge in [-0.25, -0.2) is 0 Å². The molecule has 1 aliphatic heterocycles. The van der Waals surface area contributed by atoms with Gasteiger partial charge in [0.15, 0.2) is 0 Å². The van der Waals surface area contributed by atoms with Gasteiger partial charge in [0.1, 0.15) is 7.17 Å². The quantitative estimate of drug-likeness (QED) is 0.509. The smallest absolute Gasteiger partial charge is 0.123 e. The van der Waals surface area contributed by atoms with E-state index in [1.165, 1.54) is 31.1 Å². The fraction of sp³-hybridized carbons (Fsp3) is 0.385. The molecule has 16 heavy (non-hydrogen) atoms. The van der Waals surface area contributed by atoms with Crippen molar-refractivity contribution in [2.24, 2.45) is 0 Å². The lowest BCUT2D eigenvalue weighted by Crippen LogP contribution is -2.35. The molecular weight excluding hydrogens is 192 g/mol. The molecule has 0 aromatic carbocycles. The number of allylic oxidation sites excluding steroid dienone is 4. The van der Waals surface area contributed by atoms with Crippen molar-refractivity contribution in [2.75, 3.05) is 13.6 Å². The second kappa shape index (κ2) is 6.59. The van der Waals surface area contributed by atoms with Gasteiger partial charge in [-0.1, -0.05) is 49.3 Å². The molecule has 0 aromatic heterocycles. The summed E-state index contributed by atoms with van der Waals surface area (Å²) in [4.78, 5) is 2.41. The lowest BCUT2D eigenvalue weighted by molar-refractivity contribution is 0.305. The first kappa shape index (κ1) is 13.1. The van der Waals surface area contributed by atoms with E-state index in [1.807, 2.05) is 18.2 Å². The minimum atomic E-state index is 0.462. The van der Waals surface area contributed by atoms with Crippen LogP contribution in [0.3, 0.4) is 0 Å². The predicted molar refractivity (Wildman–Crippen MR) is 77.8 cm³/mol. The summed E-state index contributed by atoms with van der Waals surface area (Å²) in [7, 11) is 4.60. The van der Waals surface area contributed by atoms with E-state index < -0.39 is 0 Å². The Morgan fingerprint density at radius 2 is 2.19 bits per heavy atom. The number of nitrogens with zero attached hydrogens (tertiary/aromatic N) is 1. The highest BCUT2D eigenvalue weighted by molar-refractivity contribution is 7.04. The fourth-order valence-corrected chi connectivity index (χ4v) is 2.16. The zero-order valence-electron chi connectivity index (χ0n) is 10.6. The van der Waals surface area contributed by atoms with Gasteiger partial charge in [-0.05, 0) is 26.1 Å². The number of rotatable bonds is 3. The first-order valence-electron chi connectivity index (χ1n) is 6.05. The van der Waals surface area contributed by atoms with Crippen molar-refractivity contribution in [1.29, 1.82) is 0 Å². The molecule has 1 aliphatic rings. The molecule has 0 aliphatic carbocycles. The molecule has 0 unspecified atom stereocenters. The molecule has 1 heterocycles. The first-order valence-corrected chi connectivity index (χ1v) is 6.05. The molecule has 0 spiro atoms. The highest BCUT2D eigenvalue weighted by Gasteiger charge is 2.17. The second-order valence-corrected chi connectivity index (χ2v) is 4.39. The van der Waals surface area contributed by atoms with E-state index in [2.05, 4.69) is 38.1 Å². The van der Waals surface area contributed by atoms with E-state index in [0.717, 1.165) is 7.17 Å². The molecule has 0 saturated heterocycles. The summed E-state index contributed by atoms with van der Waals surface area (Å²) in [6, 6.07) is 0.462. The van der Waals surface area contributed by atoms with Gasteiger partial charge in [-0.2, -0.15) is 0 Å². The predicted octanol–water partition coefficient (Wildman–Crippen LogP) is 1.71. The van der Waals surface area contributed by atoms with Crippen LogP contribution < -0.4 is 0 Å². The maximum atomic E-state index is 3.94. The van der Waals surface area contributed by atoms with Crippen LogP contribution in [0.15, 0.2) is 48.5 Å². The Labute approximate surface area is 101 Å². The highest BCUT2D eigenvalue weighted by atomic mass is 15.1. The van der Waals surface area contributed by atoms with Crippen LogP contribution in [0.5, 0.6) is 0 Å². The monoisotopic (exact) mass is 213 g/mol. The van der Waals surface area contributed by atoms with Crippen LogP contribution in [0.2, 0.25) is 6.32 Å². The molecule has 3 heteroatoms. The fourth-order valence-electron chi connectivity index (χ4n) is 2.16. The van der Waals surface area contributed by atoms with E-state index in [0.29, 0.717) is 6.04 Å². The normalized spacial score (nSPS) is 27.8. The zero-order valence-corrected chi connectivity index (χ0v) is 10.6. The third kappa shape index (κ3) is 3.28. The molecule has 0 saturated carbocycles. The molecule has 0 aromatic rings. The summed E-state index contributed by atoms with van der Waals surface area (Å²) in [5.41, 5.74) is 2.77. The van der Waals surface area contributed by atoms with Crippen LogP contribution in [0, 0.1) is 0 Å². The van der Waals surface area contributed by atoms with Crippen LogP contribution in [-0.2, 0) is 0 Å². The average Bonchev–Trinajstić information content (AvgIpc) is 2.29. The molecule has 0 radical (unpaired) electrons. The second-order valence-electron chi connectivity index (χ2n) is 4.39. The Kier molecular flexibility index (Phi) is 5.40.